The highest BCUT2D eigenvalue weighted by Crippen LogP contribution is 2.31. The van der Waals surface area contributed by atoms with Crippen LogP contribution in [0, 0.1) is 0 Å². The number of carboxylic acids is 1. The molecule has 0 fully saturated rings. The smallest absolute Gasteiger partial charge is 0.416 e. The van der Waals surface area contributed by atoms with E-state index in [-0.39, 0.29) is 18.1 Å². The molecule has 1 N–H and O–H groups in total. The van der Waals surface area contributed by atoms with Crippen LogP contribution in [0.4, 0.5) is 13.2 Å². The van der Waals surface area contributed by atoms with Crippen molar-refractivity contribution >= 4 is 5.97 Å². The van der Waals surface area contributed by atoms with Gasteiger partial charge in [0.2, 0.25) is 0 Å². The van der Waals surface area contributed by atoms with Crippen LogP contribution in [0.5, 0.6) is 5.75 Å². The third-order valence-corrected chi connectivity index (χ3v) is 2.57. The highest BCUT2D eigenvalue weighted by molar-refractivity contribution is 5.85. The van der Waals surface area contributed by atoms with Crippen LogP contribution in [0.1, 0.15) is 21.7 Å². The zero-order chi connectivity index (χ0) is 15.5. The Morgan fingerprint density at radius 2 is 1.90 bits per heavy atom. The molecule has 0 amide bonds. The van der Waals surface area contributed by atoms with Crippen LogP contribution in [-0.4, -0.2) is 16.1 Å². The maximum absolute atomic E-state index is 12.5. The van der Waals surface area contributed by atoms with E-state index in [1.807, 2.05) is 0 Å². The van der Waals surface area contributed by atoms with Gasteiger partial charge in [0.05, 0.1) is 11.3 Å². The van der Waals surface area contributed by atoms with Gasteiger partial charge in [-0.05, 0) is 30.3 Å². The highest BCUT2D eigenvalue weighted by Gasteiger charge is 2.30. The van der Waals surface area contributed by atoms with E-state index >= 15 is 0 Å². The van der Waals surface area contributed by atoms with Crippen LogP contribution in [-0.2, 0) is 12.8 Å². The molecule has 0 saturated carbocycles. The molecule has 0 atom stereocenters. The Labute approximate surface area is 117 Å². The highest BCUT2D eigenvalue weighted by atomic mass is 19.4. The third kappa shape index (κ3) is 3.95. The Morgan fingerprint density at radius 1 is 1.19 bits per heavy atom. The van der Waals surface area contributed by atoms with Gasteiger partial charge in [-0.2, -0.15) is 13.2 Å². The Kier molecular flexibility index (Phi) is 4.11. The lowest BCUT2D eigenvalue weighted by Gasteiger charge is -2.10. The van der Waals surface area contributed by atoms with E-state index in [2.05, 4.69) is 4.98 Å². The number of rotatable bonds is 4. The predicted molar refractivity (Wildman–Crippen MR) is 67.0 cm³/mol. The molecule has 0 spiro atoms. The first kappa shape index (κ1) is 14.8. The van der Waals surface area contributed by atoms with Gasteiger partial charge >= 0.3 is 12.1 Å². The molecule has 0 aliphatic carbocycles. The van der Waals surface area contributed by atoms with Crippen molar-refractivity contribution in [3.8, 4) is 5.75 Å². The average molecular weight is 297 g/mol. The van der Waals surface area contributed by atoms with E-state index in [1.54, 1.807) is 0 Å². The maximum Gasteiger partial charge on any atom is 0.416 e. The molecule has 0 radical (unpaired) electrons. The molecule has 4 nitrogen and oxygen atoms in total. The molecule has 1 heterocycles. The summed E-state index contributed by atoms with van der Waals surface area (Å²) in [7, 11) is 0. The Balaban J connectivity index is 2.10. The largest absolute Gasteiger partial charge is 0.487 e. The summed E-state index contributed by atoms with van der Waals surface area (Å²) in [5.41, 5.74) is -0.653. The first-order chi connectivity index (χ1) is 9.86. The van der Waals surface area contributed by atoms with Gasteiger partial charge in [0, 0.05) is 0 Å². The summed E-state index contributed by atoms with van der Waals surface area (Å²) in [6, 6.07) is 8.77. The lowest BCUT2D eigenvalue weighted by Crippen LogP contribution is -2.06. The van der Waals surface area contributed by atoms with E-state index in [1.165, 1.54) is 30.3 Å². The molecule has 0 unspecified atom stereocenters. The summed E-state index contributed by atoms with van der Waals surface area (Å²) in [4.78, 5) is 14.6. The Bertz CT molecular complexity index is 656. The molecule has 2 aromatic rings. The fourth-order valence-electron chi connectivity index (χ4n) is 1.60. The molecule has 0 saturated heterocycles. The number of aromatic carboxylic acids is 1. The molecule has 1 aromatic heterocycles. The maximum atomic E-state index is 12.5. The second kappa shape index (κ2) is 5.82. The number of hydrogen-bond acceptors (Lipinski definition) is 3. The van der Waals surface area contributed by atoms with Crippen molar-refractivity contribution in [2.75, 3.05) is 0 Å². The van der Waals surface area contributed by atoms with E-state index in [4.69, 9.17) is 9.84 Å². The lowest BCUT2D eigenvalue weighted by atomic mass is 10.2. The molecule has 2 rings (SSSR count). The number of benzene rings is 1. The summed E-state index contributed by atoms with van der Waals surface area (Å²) in [6.45, 7) is -0.123. The minimum atomic E-state index is -4.44. The summed E-state index contributed by atoms with van der Waals surface area (Å²) in [6.07, 6.45) is -4.44. The molecule has 7 heteroatoms. The quantitative estimate of drug-likeness (QED) is 0.940. The van der Waals surface area contributed by atoms with E-state index < -0.39 is 17.7 Å². The van der Waals surface area contributed by atoms with Gasteiger partial charge in [0.15, 0.2) is 0 Å². The predicted octanol–water partition coefficient (Wildman–Crippen LogP) is 3.38. The van der Waals surface area contributed by atoms with Crippen molar-refractivity contribution in [1.82, 2.24) is 4.98 Å². The van der Waals surface area contributed by atoms with Gasteiger partial charge in [-0.15, -0.1) is 0 Å². The zero-order valence-corrected chi connectivity index (χ0v) is 10.6. The summed E-state index contributed by atoms with van der Waals surface area (Å²) < 4.78 is 42.8. The molecule has 21 heavy (non-hydrogen) atoms. The van der Waals surface area contributed by atoms with Crippen molar-refractivity contribution < 1.29 is 27.8 Å². The van der Waals surface area contributed by atoms with E-state index in [0.29, 0.717) is 5.69 Å². The zero-order valence-electron chi connectivity index (χ0n) is 10.6. The second-order valence-electron chi connectivity index (χ2n) is 4.13. The fourth-order valence-corrected chi connectivity index (χ4v) is 1.60. The van der Waals surface area contributed by atoms with Crippen molar-refractivity contribution in [3.05, 3.63) is 59.4 Å². The topological polar surface area (TPSA) is 59.4 Å². The van der Waals surface area contributed by atoms with Crippen molar-refractivity contribution in [2.24, 2.45) is 0 Å². The third-order valence-electron chi connectivity index (χ3n) is 2.57. The Hall–Kier alpha value is -2.57. The first-order valence-corrected chi connectivity index (χ1v) is 5.85. The monoisotopic (exact) mass is 297 g/mol. The molecular weight excluding hydrogens is 287 g/mol. The van der Waals surface area contributed by atoms with Gasteiger partial charge in [-0.3, -0.25) is 0 Å². The SMILES string of the molecule is O=C(O)c1cccc(COc2cccc(C(F)(F)F)c2)n1. The number of carboxylic acid groups (broad SMARTS) is 1. The fraction of sp³-hybridized carbons (Fsp3) is 0.143. The molecular formula is C14H10F3NO3. The van der Waals surface area contributed by atoms with Crippen molar-refractivity contribution in [3.63, 3.8) is 0 Å². The minimum absolute atomic E-state index is 0.0346. The molecule has 0 aliphatic heterocycles. The van der Waals surface area contributed by atoms with Crippen LogP contribution >= 0.6 is 0 Å². The summed E-state index contributed by atoms with van der Waals surface area (Å²) >= 11 is 0. The van der Waals surface area contributed by atoms with E-state index in [9.17, 15) is 18.0 Å². The van der Waals surface area contributed by atoms with Crippen LogP contribution in [0.25, 0.3) is 0 Å². The Morgan fingerprint density at radius 3 is 2.57 bits per heavy atom. The number of carbonyl (C=O) groups is 1. The number of nitrogens with zero attached hydrogens (tertiary/aromatic N) is 1. The second-order valence-corrected chi connectivity index (χ2v) is 4.13. The molecule has 1 aromatic carbocycles. The van der Waals surface area contributed by atoms with Crippen LogP contribution in [0.2, 0.25) is 0 Å². The lowest BCUT2D eigenvalue weighted by molar-refractivity contribution is -0.137. The minimum Gasteiger partial charge on any atom is -0.487 e. The summed E-state index contributed by atoms with van der Waals surface area (Å²) in [5, 5.41) is 8.79. The summed E-state index contributed by atoms with van der Waals surface area (Å²) in [5.74, 6) is -1.15. The van der Waals surface area contributed by atoms with Gasteiger partial charge in [-0.25, -0.2) is 9.78 Å². The van der Waals surface area contributed by atoms with Crippen LogP contribution < -0.4 is 4.74 Å². The van der Waals surface area contributed by atoms with Gasteiger partial charge < -0.3 is 9.84 Å². The van der Waals surface area contributed by atoms with Crippen LogP contribution in [0.3, 0.4) is 0 Å². The normalized spacial score (nSPS) is 11.2. The number of pyridine rings is 1. The number of halogens is 3. The van der Waals surface area contributed by atoms with Crippen molar-refractivity contribution in [1.29, 1.82) is 0 Å². The number of aromatic nitrogens is 1. The average Bonchev–Trinajstić information content (AvgIpc) is 2.45. The molecule has 0 bridgehead atoms. The number of hydrogen-bond donors (Lipinski definition) is 1. The van der Waals surface area contributed by atoms with E-state index in [0.717, 1.165) is 12.1 Å². The standard InChI is InChI=1S/C14H10F3NO3/c15-14(16,17)9-3-1-5-11(7-9)21-8-10-4-2-6-12(18-10)13(19)20/h1-7H,8H2,(H,19,20). The first-order valence-electron chi connectivity index (χ1n) is 5.85. The van der Waals surface area contributed by atoms with Gasteiger partial charge in [-0.1, -0.05) is 12.1 Å². The number of ether oxygens (including phenoxy) is 1. The van der Waals surface area contributed by atoms with Gasteiger partial charge in [0.1, 0.15) is 18.1 Å². The van der Waals surface area contributed by atoms with Crippen LogP contribution in [0.15, 0.2) is 42.5 Å². The molecule has 0 aliphatic rings. The van der Waals surface area contributed by atoms with Crippen molar-refractivity contribution in [2.45, 2.75) is 12.8 Å². The molecule has 110 valence electrons. The number of alkyl halides is 3. The van der Waals surface area contributed by atoms with Gasteiger partial charge in [0.25, 0.3) is 0 Å².